The quantitative estimate of drug-likeness (QED) is 0.806. The summed E-state index contributed by atoms with van der Waals surface area (Å²) in [7, 11) is 0. The van der Waals surface area contributed by atoms with Crippen LogP contribution in [-0.4, -0.2) is 0 Å². The van der Waals surface area contributed by atoms with Gasteiger partial charge in [0.15, 0.2) is 5.82 Å². The summed E-state index contributed by atoms with van der Waals surface area (Å²) in [6.45, 7) is 0. The molecule has 90 valence electrons. The second kappa shape index (κ2) is 5.26. The van der Waals surface area contributed by atoms with Gasteiger partial charge in [-0.3, -0.25) is 0 Å². The number of hydrogen-bond donors (Lipinski definition) is 1. The summed E-state index contributed by atoms with van der Waals surface area (Å²) < 4.78 is 13.2. The minimum Gasteiger partial charge on any atom is -0.355 e. The maximum atomic E-state index is 13.2. The summed E-state index contributed by atoms with van der Waals surface area (Å²) in [5.41, 5.74) is 1.79. The van der Waals surface area contributed by atoms with E-state index < -0.39 is 5.82 Å². The molecule has 0 bridgehead atoms. The molecule has 0 unspecified atom stereocenters. The number of nitriles is 1. The third-order valence-electron chi connectivity index (χ3n) is 2.26. The monoisotopic (exact) mass is 280 g/mol. The molecule has 18 heavy (non-hydrogen) atoms. The number of anilines is 2. The molecule has 2 aromatic rings. The minimum absolute atomic E-state index is 0.0542. The lowest BCUT2D eigenvalue weighted by molar-refractivity contribution is 0.629. The number of rotatable bonds is 2. The highest BCUT2D eigenvalue weighted by Crippen LogP contribution is 2.29. The summed E-state index contributed by atoms with van der Waals surface area (Å²) in [5, 5.41) is 11.7. The zero-order chi connectivity index (χ0) is 13.1. The molecule has 5 heteroatoms. The summed E-state index contributed by atoms with van der Waals surface area (Å²) in [6, 6.07) is 11.8. The van der Waals surface area contributed by atoms with Gasteiger partial charge in [0.2, 0.25) is 0 Å². The molecule has 0 saturated heterocycles. The van der Waals surface area contributed by atoms with Crippen molar-refractivity contribution in [2.75, 3.05) is 5.32 Å². The average molecular weight is 281 g/mol. The van der Waals surface area contributed by atoms with Crippen molar-refractivity contribution in [2.45, 2.75) is 0 Å². The number of benzene rings is 2. The zero-order valence-electron chi connectivity index (χ0n) is 9.05. The molecule has 0 spiro atoms. The van der Waals surface area contributed by atoms with E-state index >= 15 is 0 Å². The fraction of sp³-hybridized carbons (Fsp3) is 0. The van der Waals surface area contributed by atoms with E-state index in [2.05, 4.69) is 5.32 Å². The summed E-state index contributed by atoms with van der Waals surface area (Å²) in [4.78, 5) is 0. The first-order valence-electron chi connectivity index (χ1n) is 5.02. The molecule has 0 atom stereocenters. The topological polar surface area (TPSA) is 35.8 Å². The fourth-order valence-corrected chi connectivity index (χ4v) is 1.95. The fourth-order valence-electron chi connectivity index (χ4n) is 1.46. The van der Waals surface area contributed by atoms with Crippen molar-refractivity contribution in [3.05, 3.63) is 57.8 Å². The Hall–Kier alpha value is -1.76. The van der Waals surface area contributed by atoms with Crippen molar-refractivity contribution >= 4 is 34.6 Å². The van der Waals surface area contributed by atoms with Crippen molar-refractivity contribution in [3.8, 4) is 6.07 Å². The first-order chi connectivity index (χ1) is 8.60. The van der Waals surface area contributed by atoms with Gasteiger partial charge in [0.25, 0.3) is 0 Å². The van der Waals surface area contributed by atoms with Gasteiger partial charge in [-0.2, -0.15) is 5.26 Å². The van der Waals surface area contributed by atoms with Gasteiger partial charge in [0.05, 0.1) is 21.7 Å². The Kier molecular flexibility index (Phi) is 3.71. The first kappa shape index (κ1) is 12.7. The first-order valence-corrected chi connectivity index (χ1v) is 5.77. The highest BCUT2D eigenvalue weighted by atomic mass is 35.5. The van der Waals surface area contributed by atoms with Gasteiger partial charge < -0.3 is 5.32 Å². The lowest BCUT2D eigenvalue weighted by Crippen LogP contribution is -1.92. The molecule has 2 rings (SSSR count). The highest BCUT2D eigenvalue weighted by molar-refractivity contribution is 6.35. The van der Waals surface area contributed by atoms with E-state index in [4.69, 9.17) is 28.5 Å². The molecule has 0 fully saturated rings. The van der Waals surface area contributed by atoms with Crippen molar-refractivity contribution in [2.24, 2.45) is 0 Å². The molecular formula is C13H7Cl2FN2. The molecule has 0 saturated carbocycles. The summed E-state index contributed by atoms with van der Waals surface area (Å²) >= 11 is 11.4. The van der Waals surface area contributed by atoms with Crippen molar-refractivity contribution in [3.63, 3.8) is 0 Å². The minimum atomic E-state index is -0.644. The van der Waals surface area contributed by atoms with E-state index in [0.717, 1.165) is 0 Å². The molecule has 2 nitrogen and oxygen atoms in total. The van der Waals surface area contributed by atoms with E-state index in [-0.39, 0.29) is 10.0 Å². The molecule has 0 aliphatic rings. The van der Waals surface area contributed by atoms with Crippen LogP contribution >= 0.6 is 23.2 Å². The van der Waals surface area contributed by atoms with E-state index in [9.17, 15) is 4.39 Å². The molecule has 2 aromatic carbocycles. The van der Waals surface area contributed by atoms with Crippen LogP contribution in [0.4, 0.5) is 15.8 Å². The van der Waals surface area contributed by atoms with Crippen molar-refractivity contribution in [1.29, 1.82) is 5.26 Å². The Morgan fingerprint density at radius 1 is 1.06 bits per heavy atom. The molecule has 0 heterocycles. The largest absolute Gasteiger partial charge is 0.355 e. The van der Waals surface area contributed by atoms with Crippen LogP contribution in [0, 0.1) is 17.1 Å². The maximum Gasteiger partial charge on any atom is 0.160 e. The van der Waals surface area contributed by atoms with Crippen LogP contribution in [0.2, 0.25) is 10.0 Å². The van der Waals surface area contributed by atoms with Crippen LogP contribution in [-0.2, 0) is 0 Å². The molecule has 0 amide bonds. The highest BCUT2D eigenvalue weighted by Gasteiger charge is 2.07. The predicted molar refractivity (Wildman–Crippen MR) is 70.9 cm³/mol. The van der Waals surface area contributed by atoms with Gasteiger partial charge >= 0.3 is 0 Å². The van der Waals surface area contributed by atoms with Crippen LogP contribution in [0.25, 0.3) is 0 Å². The third-order valence-corrected chi connectivity index (χ3v) is 2.81. The van der Waals surface area contributed by atoms with E-state index in [1.54, 1.807) is 24.3 Å². The van der Waals surface area contributed by atoms with Crippen LogP contribution in [0.15, 0.2) is 36.4 Å². The van der Waals surface area contributed by atoms with Crippen molar-refractivity contribution in [1.82, 2.24) is 0 Å². The predicted octanol–water partition coefficient (Wildman–Crippen LogP) is 4.75. The standard InChI is InChI=1S/C13H7Cl2FN2/c14-11-5-10(6-12(15)13(11)16)18-9-3-1-2-8(4-9)7-17/h1-6,18H. The average Bonchev–Trinajstić information content (AvgIpc) is 2.36. The third kappa shape index (κ3) is 2.73. The van der Waals surface area contributed by atoms with Gasteiger partial charge in [-0.25, -0.2) is 4.39 Å². The van der Waals surface area contributed by atoms with Crippen LogP contribution in [0.1, 0.15) is 5.56 Å². The summed E-state index contributed by atoms with van der Waals surface area (Å²) in [6.07, 6.45) is 0. The molecule has 0 aliphatic heterocycles. The molecule has 0 aromatic heterocycles. The lowest BCUT2D eigenvalue weighted by atomic mass is 10.2. The number of nitrogens with zero attached hydrogens (tertiary/aromatic N) is 1. The lowest BCUT2D eigenvalue weighted by Gasteiger charge is -2.08. The van der Waals surface area contributed by atoms with E-state index in [0.29, 0.717) is 16.9 Å². The summed E-state index contributed by atoms with van der Waals surface area (Å²) in [5.74, 6) is -0.644. The van der Waals surface area contributed by atoms with E-state index in [1.165, 1.54) is 12.1 Å². The zero-order valence-corrected chi connectivity index (χ0v) is 10.6. The van der Waals surface area contributed by atoms with Gasteiger partial charge in [0, 0.05) is 11.4 Å². The second-order valence-electron chi connectivity index (χ2n) is 3.57. The Balaban J connectivity index is 2.32. The molecule has 0 radical (unpaired) electrons. The second-order valence-corrected chi connectivity index (χ2v) is 4.39. The van der Waals surface area contributed by atoms with Crippen LogP contribution < -0.4 is 5.32 Å². The van der Waals surface area contributed by atoms with Crippen LogP contribution in [0.5, 0.6) is 0 Å². The van der Waals surface area contributed by atoms with Gasteiger partial charge in [-0.1, -0.05) is 29.3 Å². The molecular weight excluding hydrogens is 274 g/mol. The van der Waals surface area contributed by atoms with Gasteiger partial charge in [0.1, 0.15) is 0 Å². The number of halogens is 3. The van der Waals surface area contributed by atoms with Crippen LogP contribution in [0.3, 0.4) is 0 Å². The van der Waals surface area contributed by atoms with Crippen molar-refractivity contribution < 1.29 is 4.39 Å². The van der Waals surface area contributed by atoms with Gasteiger partial charge in [-0.05, 0) is 30.3 Å². The van der Waals surface area contributed by atoms with E-state index in [1.807, 2.05) is 6.07 Å². The number of nitrogens with one attached hydrogen (secondary N) is 1. The number of hydrogen-bond acceptors (Lipinski definition) is 2. The smallest absolute Gasteiger partial charge is 0.160 e. The Morgan fingerprint density at radius 2 is 1.72 bits per heavy atom. The molecule has 1 N–H and O–H groups in total. The SMILES string of the molecule is N#Cc1cccc(Nc2cc(Cl)c(F)c(Cl)c2)c1. The normalized spacial score (nSPS) is 9.89. The van der Waals surface area contributed by atoms with Gasteiger partial charge in [-0.15, -0.1) is 0 Å². The Bertz CT molecular complexity index is 612. The maximum absolute atomic E-state index is 13.2. The molecule has 0 aliphatic carbocycles. The Labute approximate surface area is 114 Å². The Morgan fingerprint density at radius 3 is 2.33 bits per heavy atom.